The Morgan fingerprint density at radius 3 is 2.55 bits per heavy atom. The minimum Gasteiger partial charge on any atom is -0.497 e. The molecule has 3 rings (SSSR count). The highest BCUT2D eigenvalue weighted by atomic mass is 32.2. The Morgan fingerprint density at radius 1 is 1.16 bits per heavy atom. The van der Waals surface area contributed by atoms with Crippen molar-refractivity contribution in [1.29, 1.82) is 0 Å². The van der Waals surface area contributed by atoms with Gasteiger partial charge in [0.25, 0.3) is 0 Å². The molecule has 1 heterocycles. The van der Waals surface area contributed by atoms with Crippen molar-refractivity contribution in [2.24, 2.45) is 0 Å². The van der Waals surface area contributed by atoms with E-state index in [0.717, 1.165) is 37.2 Å². The normalized spacial score (nSPS) is 15.5. The van der Waals surface area contributed by atoms with E-state index >= 15 is 0 Å². The number of sulfonamides is 1. The van der Waals surface area contributed by atoms with Crippen LogP contribution in [0.5, 0.6) is 5.75 Å². The molecule has 0 unspecified atom stereocenters. The van der Waals surface area contributed by atoms with E-state index in [9.17, 15) is 13.2 Å². The first-order valence-electron chi connectivity index (χ1n) is 10.4. The van der Waals surface area contributed by atoms with Crippen LogP contribution in [0, 0.1) is 0 Å². The number of nitrogens with zero attached hydrogens (tertiary/aromatic N) is 2. The zero-order valence-electron chi connectivity index (χ0n) is 18.4. The largest absolute Gasteiger partial charge is 0.497 e. The summed E-state index contributed by atoms with van der Waals surface area (Å²) in [5.74, 6) is 0.683. The molecule has 1 N–H and O–H groups in total. The average Bonchev–Trinajstić information content (AvgIpc) is 3.25. The Bertz CT molecular complexity index is 1000. The van der Waals surface area contributed by atoms with Crippen LogP contribution < -0.4 is 9.46 Å². The number of anilines is 1. The summed E-state index contributed by atoms with van der Waals surface area (Å²) in [6.45, 7) is 2.81. The number of likely N-dealkylation sites (tertiary alicyclic amines) is 1. The molecule has 1 fully saturated rings. The Balaban J connectivity index is 1.83. The topological polar surface area (TPSA) is 79.0 Å². The monoisotopic (exact) mass is 445 g/mol. The Morgan fingerprint density at radius 2 is 1.87 bits per heavy atom. The molecule has 1 aliphatic rings. The van der Waals surface area contributed by atoms with Crippen LogP contribution in [0.15, 0.2) is 48.5 Å². The molecule has 0 saturated carbocycles. The number of rotatable bonds is 9. The van der Waals surface area contributed by atoms with E-state index in [0.29, 0.717) is 11.3 Å². The first-order valence-corrected chi connectivity index (χ1v) is 12.3. The minimum absolute atomic E-state index is 0.0743. The first-order chi connectivity index (χ1) is 14.8. The zero-order valence-corrected chi connectivity index (χ0v) is 19.2. The second kappa shape index (κ2) is 10.2. The molecule has 2 aromatic rings. The molecule has 0 spiro atoms. The van der Waals surface area contributed by atoms with Crippen LogP contribution in [-0.4, -0.2) is 64.2 Å². The van der Waals surface area contributed by atoms with Crippen LogP contribution in [-0.2, 0) is 21.2 Å². The zero-order chi connectivity index (χ0) is 22.4. The second-order valence-electron chi connectivity index (χ2n) is 8.01. The van der Waals surface area contributed by atoms with Gasteiger partial charge in [-0.05, 0) is 55.3 Å². The highest BCUT2D eigenvalue weighted by Gasteiger charge is 2.26. The highest BCUT2D eigenvalue weighted by molar-refractivity contribution is 7.92. The van der Waals surface area contributed by atoms with Gasteiger partial charge in [0.15, 0.2) is 0 Å². The van der Waals surface area contributed by atoms with E-state index in [1.807, 2.05) is 31.3 Å². The van der Waals surface area contributed by atoms with E-state index in [-0.39, 0.29) is 18.4 Å². The lowest BCUT2D eigenvalue weighted by Gasteiger charge is -2.32. The number of carbonyl (C=O) groups is 1. The van der Waals surface area contributed by atoms with Crippen LogP contribution in [0.1, 0.15) is 30.0 Å². The van der Waals surface area contributed by atoms with Crippen molar-refractivity contribution >= 4 is 21.6 Å². The standard InChI is InChI=1S/C23H31N3O4S/c1-25(23(27)16-18-9-4-5-12-21(18)24-31(3,28)29)22(17-26-13-6-7-14-26)19-10-8-11-20(15-19)30-2/h4-5,8-12,15,22,24H,6-7,13-14,16-17H2,1-3H3/t22-/m0/s1. The molecule has 1 saturated heterocycles. The van der Waals surface area contributed by atoms with Crippen molar-refractivity contribution in [3.63, 3.8) is 0 Å². The van der Waals surface area contributed by atoms with Crippen LogP contribution in [0.2, 0.25) is 0 Å². The van der Waals surface area contributed by atoms with Crippen LogP contribution in [0.4, 0.5) is 5.69 Å². The van der Waals surface area contributed by atoms with Crippen molar-refractivity contribution in [2.45, 2.75) is 25.3 Å². The molecule has 31 heavy (non-hydrogen) atoms. The number of hydrogen-bond acceptors (Lipinski definition) is 5. The molecule has 0 radical (unpaired) electrons. The van der Waals surface area contributed by atoms with Crippen molar-refractivity contribution < 1.29 is 17.9 Å². The van der Waals surface area contributed by atoms with Crippen LogP contribution in [0.3, 0.4) is 0 Å². The van der Waals surface area contributed by atoms with Gasteiger partial charge < -0.3 is 14.5 Å². The summed E-state index contributed by atoms with van der Waals surface area (Å²) in [6.07, 6.45) is 3.56. The van der Waals surface area contributed by atoms with Crippen LogP contribution >= 0.6 is 0 Å². The van der Waals surface area contributed by atoms with Crippen LogP contribution in [0.25, 0.3) is 0 Å². The molecule has 0 bridgehead atoms. The number of carbonyl (C=O) groups excluding carboxylic acids is 1. The molecule has 7 nitrogen and oxygen atoms in total. The number of para-hydroxylation sites is 1. The van der Waals surface area contributed by atoms with Crippen molar-refractivity contribution in [3.05, 3.63) is 59.7 Å². The maximum Gasteiger partial charge on any atom is 0.229 e. The maximum absolute atomic E-state index is 13.3. The summed E-state index contributed by atoms with van der Waals surface area (Å²) in [5, 5.41) is 0. The van der Waals surface area contributed by atoms with Gasteiger partial charge in [0.1, 0.15) is 5.75 Å². The number of ether oxygens (including phenoxy) is 1. The number of likely N-dealkylation sites (N-methyl/N-ethyl adjacent to an activating group) is 1. The lowest BCUT2D eigenvalue weighted by molar-refractivity contribution is -0.131. The number of methoxy groups -OCH3 is 1. The van der Waals surface area contributed by atoms with E-state index < -0.39 is 10.0 Å². The van der Waals surface area contributed by atoms with Gasteiger partial charge in [-0.1, -0.05) is 30.3 Å². The quantitative estimate of drug-likeness (QED) is 0.642. The van der Waals surface area contributed by atoms with E-state index in [2.05, 4.69) is 9.62 Å². The summed E-state index contributed by atoms with van der Waals surface area (Å²) < 4.78 is 31.3. The Hall–Kier alpha value is -2.58. The van der Waals surface area contributed by atoms with Crippen molar-refractivity contribution in [3.8, 4) is 5.75 Å². The van der Waals surface area contributed by atoms with Crippen molar-refractivity contribution in [1.82, 2.24) is 9.80 Å². The van der Waals surface area contributed by atoms with E-state index in [4.69, 9.17) is 4.74 Å². The summed E-state index contributed by atoms with van der Waals surface area (Å²) >= 11 is 0. The van der Waals surface area contributed by atoms with Crippen molar-refractivity contribution in [2.75, 3.05) is 44.8 Å². The molecular weight excluding hydrogens is 414 g/mol. The number of hydrogen-bond donors (Lipinski definition) is 1. The molecule has 2 aromatic carbocycles. The molecule has 0 aromatic heterocycles. The van der Waals surface area contributed by atoms with Gasteiger partial charge in [-0.3, -0.25) is 9.52 Å². The molecule has 1 amide bonds. The van der Waals surface area contributed by atoms with Gasteiger partial charge >= 0.3 is 0 Å². The third kappa shape index (κ3) is 6.45. The highest BCUT2D eigenvalue weighted by Crippen LogP contribution is 2.27. The van der Waals surface area contributed by atoms with E-state index in [1.165, 1.54) is 12.8 Å². The fourth-order valence-electron chi connectivity index (χ4n) is 3.95. The smallest absolute Gasteiger partial charge is 0.229 e. The molecular formula is C23H31N3O4S. The van der Waals surface area contributed by atoms with Gasteiger partial charge in [0, 0.05) is 13.6 Å². The predicted octanol–water partition coefficient (Wildman–Crippen LogP) is 2.90. The summed E-state index contributed by atoms with van der Waals surface area (Å²) in [6, 6.07) is 14.7. The van der Waals surface area contributed by atoms with Gasteiger partial charge in [-0.2, -0.15) is 0 Å². The lowest BCUT2D eigenvalue weighted by atomic mass is 10.0. The SMILES string of the molecule is COc1cccc([C@H](CN2CCCC2)N(C)C(=O)Cc2ccccc2NS(C)(=O)=O)c1. The second-order valence-corrected chi connectivity index (χ2v) is 9.76. The molecule has 168 valence electrons. The average molecular weight is 446 g/mol. The van der Waals surface area contributed by atoms with Gasteiger partial charge in [-0.25, -0.2) is 8.42 Å². The van der Waals surface area contributed by atoms with Gasteiger partial charge in [-0.15, -0.1) is 0 Å². The molecule has 1 aliphatic heterocycles. The summed E-state index contributed by atoms with van der Waals surface area (Å²) in [7, 11) is 0.0148. The maximum atomic E-state index is 13.3. The minimum atomic E-state index is -3.43. The third-order valence-corrected chi connectivity index (χ3v) is 6.21. The Labute approximate surface area is 185 Å². The molecule has 8 heteroatoms. The summed E-state index contributed by atoms with van der Waals surface area (Å²) in [4.78, 5) is 17.4. The first kappa shape index (κ1) is 23.1. The fourth-order valence-corrected chi connectivity index (χ4v) is 4.54. The molecule has 0 aliphatic carbocycles. The number of amides is 1. The molecule has 1 atom stereocenters. The summed E-state index contributed by atoms with van der Waals surface area (Å²) in [5.41, 5.74) is 2.10. The number of nitrogens with one attached hydrogen (secondary N) is 1. The lowest BCUT2D eigenvalue weighted by Crippen LogP contribution is -2.39. The Kier molecular flexibility index (Phi) is 7.56. The predicted molar refractivity (Wildman–Crippen MR) is 123 cm³/mol. The third-order valence-electron chi connectivity index (χ3n) is 5.62. The van der Waals surface area contributed by atoms with Gasteiger partial charge in [0.05, 0.1) is 31.5 Å². The number of benzene rings is 2. The fraction of sp³-hybridized carbons (Fsp3) is 0.435. The van der Waals surface area contributed by atoms with Gasteiger partial charge in [0.2, 0.25) is 15.9 Å². The van der Waals surface area contributed by atoms with E-state index in [1.54, 1.807) is 36.3 Å².